The summed E-state index contributed by atoms with van der Waals surface area (Å²) >= 11 is 1.64. The number of hydrogen-bond donors (Lipinski definition) is 1. The minimum absolute atomic E-state index is 0.361. The Labute approximate surface area is 113 Å². The van der Waals surface area contributed by atoms with Crippen LogP contribution in [-0.4, -0.2) is 11.7 Å². The Hall–Kier alpha value is -1.03. The molecule has 1 amide bonds. The molecular weight excluding hydrogens is 246 g/mol. The minimum atomic E-state index is -0.451. The first kappa shape index (κ1) is 13.4. The van der Waals surface area contributed by atoms with Crippen molar-refractivity contribution in [3.63, 3.8) is 0 Å². The molecule has 3 nitrogen and oxygen atoms in total. The second kappa shape index (κ2) is 5.31. The van der Waals surface area contributed by atoms with E-state index in [9.17, 15) is 4.79 Å². The molecule has 1 aromatic rings. The van der Waals surface area contributed by atoms with E-state index in [0.29, 0.717) is 5.92 Å². The van der Waals surface area contributed by atoms with Gasteiger partial charge in [0, 0.05) is 5.38 Å². The van der Waals surface area contributed by atoms with E-state index in [2.05, 4.69) is 10.7 Å². The molecular formula is C14H21NO2S. The average molecular weight is 267 g/mol. The summed E-state index contributed by atoms with van der Waals surface area (Å²) in [5.41, 5.74) is 1.76. The smallest absolute Gasteiger partial charge is 0.412 e. The van der Waals surface area contributed by atoms with Gasteiger partial charge in [-0.15, -0.1) is 11.3 Å². The Balaban J connectivity index is 2.01. The lowest BCUT2D eigenvalue weighted by atomic mass is 10.00. The average Bonchev–Trinajstić information content (AvgIpc) is 2.82. The molecule has 1 heterocycles. The standard InChI is InChI=1S/C14H21NO2S/c1-14(2,3)17-13(16)15-12-9-18-8-11(12)10-6-4-5-7-10/h8-10H,4-7H2,1-3H3,(H,15,16). The van der Waals surface area contributed by atoms with Crippen molar-refractivity contribution in [2.45, 2.75) is 58.0 Å². The summed E-state index contributed by atoms with van der Waals surface area (Å²) in [5, 5.41) is 7.03. The number of hydrogen-bond acceptors (Lipinski definition) is 3. The van der Waals surface area contributed by atoms with Crippen LogP contribution < -0.4 is 5.32 Å². The van der Waals surface area contributed by atoms with E-state index in [-0.39, 0.29) is 6.09 Å². The van der Waals surface area contributed by atoms with Crippen molar-refractivity contribution in [1.82, 2.24) is 0 Å². The van der Waals surface area contributed by atoms with Gasteiger partial charge in [0.2, 0.25) is 0 Å². The maximum absolute atomic E-state index is 11.8. The van der Waals surface area contributed by atoms with E-state index in [4.69, 9.17) is 4.74 Å². The lowest BCUT2D eigenvalue weighted by Gasteiger charge is -2.20. The van der Waals surface area contributed by atoms with E-state index < -0.39 is 5.60 Å². The third kappa shape index (κ3) is 3.48. The van der Waals surface area contributed by atoms with Crippen LogP contribution in [0.4, 0.5) is 10.5 Å². The van der Waals surface area contributed by atoms with Gasteiger partial charge in [-0.25, -0.2) is 4.79 Å². The fourth-order valence-electron chi connectivity index (χ4n) is 2.38. The van der Waals surface area contributed by atoms with Crippen LogP contribution >= 0.6 is 11.3 Å². The van der Waals surface area contributed by atoms with Crippen molar-refractivity contribution in [2.75, 3.05) is 5.32 Å². The molecule has 0 saturated heterocycles. The molecule has 1 N–H and O–H groups in total. The molecule has 4 heteroatoms. The quantitative estimate of drug-likeness (QED) is 0.839. The molecule has 1 saturated carbocycles. The molecule has 18 heavy (non-hydrogen) atoms. The number of carbonyl (C=O) groups is 1. The predicted octanol–water partition coefficient (Wildman–Crippen LogP) is 4.75. The summed E-state index contributed by atoms with van der Waals surface area (Å²) in [4.78, 5) is 11.8. The highest BCUT2D eigenvalue weighted by atomic mass is 32.1. The third-order valence-corrected chi connectivity index (χ3v) is 3.88. The first-order valence-electron chi connectivity index (χ1n) is 6.52. The SMILES string of the molecule is CC(C)(C)OC(=O)Nc1cscc1C1CCCC1. The highest BCUT2D eigenvalue weighted by Gasteiger charge is 2.23. The summed E-state index contributed by atoms with van der Waals surface area (Å²) in [6, 6.07) is 0. The van der Waals surface area contributed by atoms with Crippen molar-refractivity contribution >= 4 is 23.1 Å². The molecule has 0 spiro atoms. The first-order valence-corrected chi connectivity index (χ1v) is 7.46. The molecule has 0 aliphatic heterocycles. The van der Waals surface area contributed by atoms with Gasteiger partial charge in [-0.3, -0.25) is 5.32 Å². The van der Waals surface area contributed by atoms with Gasteiger partial charge in [0.25, 0.3) is 0 Å². The van der Waals surface area contributed by atoms with Gasteiger partial charge in [0.1, 0.15) is 5.60 Å². The molecule has 0 bridgehead atoms. The monoisotopic (exact) mass is 267 g/mol. The zero-order valence-corrected chi connectivity index (χ0v) is 12.1. The molecule has 0 aromatic carbocycles. The highest BCUT2D eigenvalue weighted by Crippen LogP contribution is 2.39. The number of anilines is 1. The van der Waals surface area contributed by atoms with Crippen LogP contribution in [0.5, 0.6) is 0 Å². The van der Waals surface area contributed by atoms with Gasteiger partial charge in [-0.05, 0) is 50.5 Å². The number of rotatable bonds is 2. The van der Waals surface area contributed by atoms with Crippen molar-refractivity contribution in [3.05, 3.63) is 16.3 Å². The van der Waals surface area contributed by atoms with Gasteiger partial charge in [0.15, 0.2) is 0 Å². The first-order chi connectivity index (χ1) is 8.46. The molecule has 1 fully saturated rings. The summed E-state index contributed by atoms with van der Waals surface area (Å²) in [6.45, 7) is 5.62. The van der Waals surface area contributed by atoms with Crippen LogP contribution in [0.3, 0.4) is 0 Å². The molecule has 1 aliphatic rings. The largest absolute Gasteiger partial charge is 0.444 e. The van der Waals surface area contributed by atoms with Crippen molar-refractivity contribution in [2.24, 2.45) is 0 Å². The zero-order valence-electron chi connectivity index (χ0n) is 11.3. The van der Waals surface area contributed by atoms with Crippen LogP contribution in [0.1, 0.15) is 57.9 Å². The van der Waals surface area contributed by atoms with Gasteiger partial charge in [0.05, 0.1) is 5.69 Å². The maximum Gasteiger partial charge on any atom is 0.412 e. The van der Waals surface area contributed by atoms with Crippen LogP contribution in [-0.2, 0) is 4.74 Å². The molecule has 1 aliphatic carbocycles. The Kier molecular flexibility index (Phi) is 3.95. The molecule has 0 unspecified atom stereocenters. The van der Waals surface area contributed by atoms with Crippen molar-refractivity contribution < 1.29 is 9.53 Å². The third-order valence-electron chi connectivity index (χ3n) is 3.12. The van der Waals surface area contributed by atoms with E-state index in [0.717, 1.165) is 5.69 Å². The summed E-state index contributed by atoms with van der Waals surface area (Å²) < 4.78 is 5.28. The number of ether oxygens (including phenoxy) is 1. The number of thiophene rings is 1. The van der Waals surface area contributed by atoms with Gasteiger partial charge in [-0.1, -0.05) is 12.8 Å². The lowest BCUT2D eigenvalue weighted by Crippen LogP contribution is -2.27. The number of carbonyl (C=O) groups excluding carboxylic acids is 1. The van der Waals surface area contributed by atoms with Crippen molar-refractivity contribution in [1.29, 1.82) is 0 Å². The minimum Gasteiger partial charge on any atom is -0.444 e. The molecule has 2 rings (SSSR count). The molecule has 0 atom stereocenters. The molecule has 0 radical (unpaired) electrons. The fraction of sp³-hybridized carbons (Fsp3) is 0.643. The second-order valence-corrected chi connectivity index (χ2v) is 6.59. The number of amides is 1. The Morgan fingerprint density at radius 1 is 1.33 bits per heavy atom. The Bertz CT molecular complexity index is 414. The molecule has 1 aromatic heterocycles. The van der Waals surface area contributed by atoms with Crippen LogP contribution in [0.25, 0.3) is 0 Å². The van der Waals surface area contributed by atoms with E-state index in [1.54, 1.807) is 11.3 Å². The van der Waals surface area contributed by atoms with Crippen LogP contribution in [0.15, 0.2) is 10.8 Å². The van der Waals surface area contributed by atoms with E-state index in [1.807, 2.05) is 26.2 Å². The topological polar surface area (TPSA) is 38.3 Å². The van der Waals surface area contributed by atoms with Gasteiger partial charge in [-0.2, -0.15) is 0 Å². The Morgan fingerprint density at radius 2 is 2.00 bits per heavy atom. The van der Waals surface area contributed by atoms with Crippen LogP contribution in [0.2, 0.25) is 0 Å². The maximum atomic E-state index is 11.8. The summed E-state index contributed by atoms with van der Waals surface area (Å²) in [6.07, 6.45) is 4.71. The highest BCUT2D eigenvalue weighted by molar-refractivity contribution is 7.08. The second-order valence-electron chi connectivity index (χ2n) is 5.85. The van der Waals surface area contributed by atoms with Crippen LogP contribution in [0, 0.1) is 0 Å². The predicted molar refractivity (Wildman–Crippen MR) is 75.4 cm³/mol. The van der Waals surface area contributed by atoms with E-state index in [1.165, 1.54) is 31.2 Å². The molecule has 100 valence electrons. The van der Waals surface area contributed by atoms with Gasteiger partial charge < -0.3 is 4.74 Å². The fourth-order valence-corrected chi connectivity index (χ4v) is 3.24. The number of nitrogens with one attached hydrogen (secondary N) is 1. The summed E-state index contributed by atoms with van der Waals surface area (Å²) in [5.74, 6) is 0.612. The van der Waals surface area contributed by atoms with E-state index >= 15 is 0 Å². The summed E-state index contributed by atoms with van der Waals surface area (Å²) in [7, 11) is 0. The zero-order chi connectivity index (χ0) is 13.2. The lowest BCUT2D eigenvalue weighted by molar-refractivity contribution is 0.0636. The van der Waals surface area contributed by atoms with Gasteiger partial charge >= 0.3 is 6.09 Å². The Morgan fingerprint density at radius 3 is 2.61 bits per heavy atom. The normalized spacial score (nSPS) is 16.8. The van der Waals surface area contributed by atoms with Crippen molar-refractivity contribution in [3.8, 4) is 0 Å².